The molecule has 26 heavy (non-hydrogen) atoms. The van der Waals surface area contributed by atoms with E-state index >= 15 is 0 Å². The zero-order valence-electron chi connectivity index (χ0n) is 15.2. The van der Waals surface area contributed by atoms with E-state index in [1.54, 1.807) is 11.8 Å². The van der Waals surface area contributed by atoms with Crippen LogP contribution < -0.4 is 11.1 Å². The second kappa shape index (κ2) is 8.27. The van der Waals surface area contributed by atoms with Gasteiger partial charge in [0.1, 0.15) is 0 Å². The van der Waals surface area contributed by atoms with Crippen molar-refractivity contribution in [3.8, 4) is 0 Å². The predicted octanol–water partition coefficient (Wildman–Crippen LogP) is 4.07. The molecule has 2 aromatic rings. The molecule has 1 aliphatic rings. The van der Waals surface area contributed by atoms with Crippen LogP contribution in [-0.2, 0) is 6.54 Å². The highest BCUT2D eigenvalue weighted by Crippen LogP contribution is 2.27. The average Bonchev–Trinajstić information content (AvgIpc) is 2.67. The first-order valence-electron chi connectivity index (χ1n) is 8.79. The summed E-state index contributed by atoms with van der Waals surface area (Å²) in [6.07, 6.45) is 4.06. The highest BCUT2D eigenvalue weighted by molar-refractivity contribution is 7.98. The Morgan fingerprint density at radius 3 is 2.73 bits per heavy atom. The Morgan fingerprint density at radius 2 is 2.04 bits per heavy atom. The van der Waals surface area contributed by atoms with Crippen LogP contribution in [0.4, 0.5) is 10.5 Å². The number of anilines is 1. The minimum atomic E-state index is -0.161. The molecule has 0 aromatic heterocycles. The molecule has 1 heterocycles. The van der Waals surface area contributed by atoms with Crippen LogP contribution in [0.1, 0.15) is 36.5 Å². The zero-order chi connectivity index (χ0) is 18.5. The summed E-state index contributed by atoms with van der Waals surface area (Å²) >= 11 is 1.69. The molecule has 2 amide bonds. The topological polar surface area (TPSA) is 70.7 Å². The minimum absolute atomic E-state index is 0.161. The van der Waals surface area contributed by atoms with Crippen molar-refractivity contribution in [3.05, 3.63) is 59.2 Å². The third kappa shape index (κ3) is 4.02. The minimum Gasteiger partial charge on any atom is -0.399 e. The van der Waals surface area contributed by atoms with Gasteiger partial charge in [0.2, 0.25) is 0 Å². The number of hydrazone groups is 1. The van der Waals surface area contributed by atoms with Gasteiger partial charge in [-0.05, 0) is 42.5 Å². The number of amides is 2. The fourth-order valence-electron chi connectivity index (χ4n) is 2.85. The number of thioether (sulfide) groups is 1. The van der Waals surface area contributed by atoms with Crippen LogP contribution in [-0.4, -0.2) is 29.6 Å². The van der Waals surface area contributed by atoms with Gasteiger partial charge in [0.05, 0.1) is 12.3 Å². The Hall–Kier alpha value is -2.47. The molecule has 3 rings (SSSR count). The van der Waals surface area contributed by atoms with E-state index in [9.17, 15) is 4.79 Å². The number of carbonyl (C=O) groups excluding carboxylic acids is 1. The first kappa shape index (κ1) is 18.3. The number of carbonyl (C=O) groups is 1. The lowest BCUT2D eigenvalue weighted by Gasteiger charge is -2.26. The molecular formula is C20H24N4OS. The lowest BCUT2D eigenvalue weighted by molar-refractivity contribution is 0.196. The number of hydrogen-bond donors (Lipinski definition) is 2. The number of benzene rings is 2. The van der Waals surface area contributed by atoms with Crippen LogP contribution in [0.25, 0.3) is 0 Å². The Morgan fingerprint density at radius 1 is 1.27 bits per heavy atom. The Bertz CT molecular complexity index is 817. The normalized spacial score (nSPS) is 13.2. The molecule has 0 saturated carbocycles. The van der Waals surface area contributed by atoms with Crippen LogP contribution >= 0.6 is 11.8 Å². The van der Waals surface area contributed by atoms with Crippen molar-refractivity contribution in [2.45, 2.75) is 31.2 Å². The second-order valence-electron chi connectivity index (χ2n) is 6.24. The van der Waals surface area contributed by atoms with E-state index in [2.05, 4.69) is 41.8 Å². The summed E-state index contributed by atoms with van der Waals surface area (Å²) in [4.78, 5) is 13.7. The van der Waals surface area contributed by atoms with Gasteiger partial charge in [-0.3, -0.25) is 0 Å². The molecule has 0 radical (unpaired) electrons. The van der Waals surface area contributed by atoms with Gasteiger partial charge in [-0.2, -0.15) is 5.10 Å². The van der Waals surface area contributed by atoms with Crippen LogP contribution in [0.3, 0.4) is 0 Å². The fourth-order valence-corrected chi connectivity index (χ4v) is 3.29. The maximum atomic E-state index is 12.5. The Labute approximate surface area is 158 Å². The molecule has 2 aromatic carbocycles. The van der Waals surface area contributed by atoms with Gasteiger partial charge >= 0.3 is 6.03 Å². The first-order valence-corrected chi connectivity index (χ1v) is 10.0. The summed E-state index contributed by atoms with van der Waals surface area (Å²) in [5.74, 6) is 0. The molecule has 0 fully saturated rings. The van der Waals surface area contributed by atoms with Crippen molar-refractivity contribution in [3.63, 3.8) is 0 Å². The fraction of sp³-hybridized carbons (Fsp3) is 0.300. The summed E-state index contributed by atoms with van der Waals surface area (Å²) in [6.45, 7) is 3.24. The van der Waals surface area contributed by atoms with Gasteiger partial charge in [-0.15, -0.1) is 11.8 Å². The van der Waals surface area contributed by atoms with Gasteiger partial charge in [-0.1, -0.05) is 31.5 Å². The maximum absolute atomic E-state index is 12.5. The van der Waals surface area contributed by atoms with Crippen molar-refractivity contribution >= 4 is 29.2 Å². The highest BCUT2D eigenvalue weighted by Gasteiger charge is 2.24. The lowest BCUT2D eigenvalue weighted by Crippen LogP contribution is -2.39. The quantitative estimate of drug-likeness (QED) is 0.475. The zero-order valence-corrected chi connectivity index (χ0v) is 16.0. The van der Waals surface area contributed by atoms with E-state index < -0.39 is 0 Å². The third-order valence-corrected chi connectivity index (χ3v) is 5.06. The summed E-state index contributed by atoms with van der Waals surface area (Å²) in [5.41, 5.74) is 10.4. The molecule has 0 bridgehead atoms. The molecule has 0 spiro atoms. The van der Waals surface area contributed by atoms with Crippen molar-refractivity contribution in [2.75, 3.05) is 18.5 Å². The summed E-state index contributed by atoms with van der Waals surface area (Å²) in [5, 5.41) is 9.12. The standard InChI is InChI=1S/C20H24N4OS/c1-3-4-11-22-20(25)24-13-15-7-10-17(26-2)12-18(15)19(23-24)14-5-8-16(21)9-6-14/h5-10,12H,3-4,11,13,21H2,1-2H3,(H,22,25). The summed E-state index contributed by atoms with van der Waals surface area (Å²) in [7, 11) is 0. The van der Waals surface area contributed by atoms with Gasteiger partial charge in [0.15, 0.2) is 0 Å². The molecule has 1 aliphatic heterocycles. The second-order valence-corrected chi connectivity index (χ2v) is 7.12. The van der Waals surface area contributed by atoms with Crippen LogP contribution in [0.2, 0.25) is 0 Å². The number of urea groups is 1. The van der Waals surface area contributed by atoms with Crippen molar-refractivity contribution < 1.29 is 4.79 Å². The largest absolute Gasteiger partial charge is 0.399 e. The van der Waals surface area contributed by atoms with Gasteiger partial charge in [-0.25, -0.2) is 9.80 Å². The third-order valence-electron chi connectivity index (χ3n) is 4.34. The van der Waals surface area contributed by atoms with E-state index in [4.69, 9.17) is 5.73 Å². The van der Waals surface area contributed by atoms with E-state index in [0.29, 0.717) is 18.8 Å². The number of unbranched alkanes of at least 4 members (excludes halogenated alkanes) is 1. The van der Waals surface area contributed by atoms with Gasteiger partial charge in [0.25, 0.3) is 0 Å². The average molecular weight is 369 g/mol. The molecule has 0 atom stereocenters. The molecule has 0 saturated heterocycles. The van der Waals surface area contributed by atoms with Crippen LogP contribution in [0.15, 0.2) is 52.5 Å². The number of hydrogen-bond acceptors (Lipinski definition) is 4. The Balaban J connectivity index is 1.97. The smallest absolute Gasteiger partial charge is 0.338 e. The van der Waals surface area contributed by atoms with E-state index in [-0.39, 0.29) is 6.03 Å². The number of nitrogens with two attached hydrogens (primary N) is 1. The molecule has 0 aliphatic carbocycles. The van der Waals surface area contributed by atoms with E-state index in [1.807, 2.05) is 24.3 Å². The Kier molecular flexibility index (Phi) is 5.83. The van der Waals surface area contributed by atoms with E-state index in [1.165, 1.54) is 9.90 Å². The lowest BCUT2D eigenvalue weighted by atomic mass is 9.96. The molecule has 5 nitrogen and oxygen atoms in total. The molecule has 0 unspecified atom stereocenters. The number of nitrogen functional groups attached to an aromatic ring is 1. The number of nitrogens with one attached hydrogen (secondary N) is 1. The predicted molar refractivity (Wildman–Crippen MR) is 109 cm³/mol. The van der Waals surface area contributed by atoms with Crippen molar-refractivity contribution in [1.82, 2.24) is 10.3 Å². The maximum Gasteiger partial charge on any atom is 0.338 e. The highest BCUT2D eigenvalue weighted by atomic mass is 32.2. The van der Waals surface area contributed by atoms with Crippen LogP contribution in [0.5, 0.6) is 0 Å². The first-order chi connectivity index (χ1) is 12.6. The van der Waals surface area contributed by atoms with Gasteiger partial charge in [0, 0.05) is 28.3 Å². The number of rotatable bonds is 5. The number of fused-ring (bicyclic) bond motifs is 1. The summed E-state index contributed by atoms with van der Waals surface area (Å²) in [6, 6.07) is 13.8. The monoisotopic (exact) mass is 368 g/mol. The number of nitrogens with zero attached hydrogens (tertiary/aromatic N) is 2. The molecular weight excluding hydrogens is 344 g/mol. The van der Waals surface area contributed by atoms with Gasteiger partial charge < -0.3 is 11.1 Å². The SMILES string of the molecule is CCCCNC(=O)N1Cc2ccc(SC)cc2C(c2ccc(N)cc2)=N1. The molecule has 6 heteroatoms. The van der Waals surface area contributed by atoms with Crippen molar-refractivity contribution in [1.29, 1.82) is 0 Å². The van der Waals surface area contributed by atoms with Crippen molar-refractivity contribution in [2.24, 2.45) is 5.10 Å². The van der Waals surface area contributed by atoms with E-state index in [0.717, 1.165) is 35.2 Å². The van der Waals surface area contributed by atoms with Crippen LogP contribution in [0, 0.1) is 0 Å². The summed E-state index contributed by atoms with van der Waals surface area (Å²) < 4.78 is 0. The molecule has 136 valence electrons. The molecule has 3 N–H and O–H groups in total.